The number of nitrogens with one attached hydrogen (secondary N) is 1. The number of rotatable bonds is 5. The third-order valence-electron chi connectivity index (χ3n) is 3.47. The summed E-state index contributed by atoms with van der Waals surface area (Å²) in [6, 6.07) is 3.23. The van der Waals surface area contributed by atoms with Crippen molar-refractivity contribution in [1.29, 1.82) is 0 Å². The number of benzene rings is 1. The maximum atomic E-state index is 13.4. The van der Waals surface area contributed by atoms with E-state index in [2.05, 4.69) is 5.32 Å². The van der Waals surface area contributed by atoms with Crippen LogP contribution in [0.2, 0.25) is 0 Å². The van der Waals surface area contributed by atoms with Gasteiger partial charge in [-0.3, -0.25) is 4.79 Å². The van der Waals surface area contributed by atoms with Gasteiger partial charge >= 0.3 is 0 Å². The van der Waals surface area contributed by atoms with E-state index < -0.39 is 28.7 Å². The molecule has 0 saturated heterocycles. The third kappa shape index (κ3) is 3.73. The van der Waals surface area contributed by atoms with E-state index in [-0.39, 0.29) is 12.5 Å². The second-order valence-electron chi connectivity index (χ2n) is 4.95. The Hall–Kier alpha value is -1.49. The van der Waals surface area contributed by atoms with Crippen molar-refractivity contribution >= 4 is 5.91 Å². The monoisotopic (exact) mass is 271 g/mol. The lowest BCUT2D eigenvalue weighted by molar-refractivity contribution is 0.00584. The first-order chi connectivity index (χ1) is 8.79. The Bertz CT molecular complexity index is 441. The van der Waals surface area contributed by atoms with E-state index in [1.807, 2.05) is 13.8 Å². The molecule has 106 valence electrons. The molecule has 1 amide bonds. The van der Waals surface area contributed by atoms with Crippen molar-refractivity contribution in [1.82, 2.24) is 5.32 Å². The number of hydrogen-bond donors (Lipinski definition) is 2. The van der Waals surface area contributed by atoms with Gasteiger partial charge in [0.1, 0.15) is 17.2 Å². The molecule has 0 aliphatic rings. The molecule has 0 fully saturated rings. The summed E-state index contributed by atoms with van der Waals surface area (Å²) >= 11 is 0. The van der Waals surface area contributed by atoms with Crippen molar-refractivity contribution in [2.45, 2.75) is 32.8 Å². The van der Waals surface area contributed by atoms with Crippen LogP contribution < -0.4 is 5.32 Å². The molecule has 3 nitrogen and oxygen atoms in total. The Labute approximate surface area is 111 Å². The van der Waals surface area contributed by atoms with Gasteiger partial charge in [0.15, 0.2) is 0 Å². The van der Waals surface area contributed by atoms with Crippen molar-refractivity contribution in [3.05, 3.63) is 35.4 Å². The maximum absolute atomic E-state index is 13.4. The SMILES string of the molecule is CCC(C)C(C)(O)CNC(=O)c1c(F)cccc1F. The number of aliphatic hydroxyl groups is 1. The summed E-state index contributed by atoms with van der Waals surface area (Å²) in [6.45, 7) is 5.28. The molecule has 2 N–H and O–H groups in total. The number of halogens is 2. The first-order valence-electron chi connectivity index (χ1n) is 6.24. The second-order valence-corrected chi connectivity index (χ2v) is 4.95. The second kappa shape index (κ2) is 6.10. The molecule has 1 aromatic rings. The molecule has 0 saturated carbocycles. The van der Waals surface area contributed by atoms with E-state index in [1.165, 1.54) is 6.07 Å². The molecule has 1 rings (SSSR count). The van der Waals surface area contributed by atoms with Crippen LogP contribution in [0.5, 0.6) is 0 Å². The number of amides is 1. The fraction of sp³-hybridized carbons (Fsp3) is 0.500. The van der Waals surface area contributed by atoms with Crippen LogP contribution in [0.3, 0.4) is 0 Å². The predicted molar refractivity (Wildman–Crippen MR) is 68.8 cm³/mol. The van der Waals surface area contributed by atoms with Crippen LogP contribution >= 0.6 is 0 Å². The molecule has 0 aliphatic carbocycles. The molecular weight excluding hydrogens is 252 g/mol. The Morgan fingerprint density at radius 1 is 1.42 bits per heavy atom. The van der Waals surface area contributed by atoms with E-state index in [9.17, 15) is 18.7 Å². The van der Waals surface area contributed by atoms with Crippen LogP contribution in [0.25, 0.3) is 0 Å². The zero-order chi connectivity index (χ0) is 14.6. The molecule has 0 aromatic heterocycles. The van der Waals surface area contributed by atoms with Crippen LogP contribution in [0, 0.1) is 17.6 Å². The summed E-state index contributed by atoms with van der Waals surface area (Å²) in [5.74, 6) is -2.74. The van der Waals surface area contributed by atoms with E-state index >= 15 is 0 Å². The Morgan fingerprint density at radius 3 is 2.42 bits per heavy atom. The molecule has 0 radical (unpaired) electrons. The zero-order valence-electron chi connectivity index (χ0n) is 11.3. The van der Waals surface area contributed by atoms with Gasteiger partial charge in [-0.05, 0) is 25.0 Å². The minimum atomic E-state index is -1.12. The van der Waals surface area contributed by atoms with Crippen LogP contribution in [0.15, 0.2) is 18.2 Å². The highest BCUT2D eigenvalue weighted by atomic mass is 19.1. The molecule has 2 unspecified atom stereocenters. The van der Waals surface area contributed by atoms with E-state index in [1.54, 1.807) is 6.92 Å². The van der Waals surface area contributed by atoms with Crippen LogP contribution in [0.1, 0.15) is 37.6 Å². The Morgan fingerprint density at radius 2 is 1.95 bits per heavy atom. The third-order valence-corrected chi connectivity index (χ3v) is 3.47. The van der Waals surface area contributed by atoms with Crippen LogP contribution in [-0.2, 0) is 0 Å². The van der Waals surface area contributed by atoms with Gasteiger partial charge in [-0.25, -0.2) is 8.78 Å². The predicted octanol–water partition coefficient (Wildman–Crippen LogP) is 2.49. The van der Waals surface area contributed by atoms with Gasteiger partial charge in [0, 0.05) is 6.54 Å². The summed E-state index contributed by atoms with van der Waals surface area (Å²) in [6.07, 6.45) is 0.733. The topological polar surface area (TPSA) is 49.3 Å². The normalized spacial score (nSPS) is 15.7. The minimum Gasteiger partial charge on any atom is -0.388 e. The molecule has 0 heterocycles. The lowest BCUT2D eigenvalue weighted by Crippen LogP contribution is -2.45. The van der Waals surface area contributed by atoms with E-state index in [4.69, 9.17) is 0 Å². The van der Waals surface area contributed by atoms with Gasteiger partial charge in [-0.15, -0.1) is 0 Å². The highest BCUT2D eigenvalue weighted by Gasteiger charge is 2.28. The summed E-state index contributed by atoms with van der Waals surface area (Å²) in [7, 11) is 0. The van der Waals surface area contributed by atoms with Crippen molar-refractivity contribution < 1.29 is 18.7 Å². The lowest BCUT2D eigenvalue weighted by atomic mass is 9.88. The molecular formula is C14H19F2NO2. The first-order valence-corrected chi connectivity index (χ1v) is 6.24. The summed E-state index contributed by atoms with van der Waals surface area (Å²) in [5.41, 5.74) is -1.74. The van der Waals surface area contributed by atoms with Gasteiger partial charge in [0.2, 0.25) is 0 Å². The summed E-state index contributed by atoms with van der Waals surface area (Å²) in [5, 5.41) is 12.5. The quantitative estimate of drug-likeness (QED) is 0.864. The average Bonchev–Trinajstić information content (AvgIpc) is 2.35. The van der Waals surface area contributed by atoms with Crippen molar-refractivity contribution in [3.8, 4) is 0 Å². The van der Waals surface area contributed by atoms with Crippen molar-refractivity contribution in [2.75, 3.05) is 6.54 Å². The van der Waals surface area contributed by atoms with E-state index in [0.29, 0.717) is 0 Å². The smallest absolute Gasteiger partial charge is 0.257 e. The molecule has 19 heavy (non-hydrogen) atoms. The molecule has 2 atom stereocenters. The molecule has 5 heteroatoms. The summed E-state index contributed by atoms with van der Waals surface area (Å²) in [4.78, 5) is 11.7. The van der Waals surface area contributed by atoms with Crippen LogP contribution in [-0.4, -0.2) is 23.2 Å². The van der Waals surface area contributed by atoms with Gasteiger partial charge in [0.25, 0.3) is 5.91 Å². The molecule has 0 spiro atoms. The highest BCUT2D eigenvalue weighted by Crippen LogP contribution is 2.19. The Balaban J connectivity index is 2.76. The summed E-state index contributed by atoms with van der Waals surface area (Å²) < 4.78 is 26.8. The Kier molecular flexibility index (Phi) is 5.00. The molecule has 1 aromatic carbocycles. The van der Waals surface area contributed by atoms with Crippen molar-refractivity contribution in [3.63, 3.8) is 0 Å². The lowest BCUT2D eigenvalue weighted by Gasteiger charge is -2.29. The fourth-order valence-corrected chi connectivity index (χ4v) is 1.68. The first kappa shape index (κ1) is 15.6. The number of carbonyl (C=O) groups is 1. The van der Waals surface area contributed by atoms with Gasteiger partial charge in [-0.1, -0.05) is 26.3 Å². The van der Waals surface area contributed by atoms with Crippen LogP contribution in [0.4, 0.5) is 8.78 Å². The zero-order valence-corrected chi connectivity index (χ0v) is 11.3. The van der Waals surface area contributed by atoms with E-state index in [0.717, 1.165) is 18.6 Å². The van der Waals surface area contributed by atoms with Crippen molar-refractivity contribution in [2.24, 2.45) is 5.92 Å². The number of hydrogen-bond acceptors (Lipinski definition) is 2. The minimum absolute atomic E-state index is 0.0433. The largest absolute Gasteiger partial charge is 0.388 e. The number of carbonyl (C=O) groups excluding carboxylic acids is 1. The molecule has 0 aliphatic heterocycles. The molecule has 0 bridgehead atoms. The highest BCUT2D eigenvalue weighted by molar-refractivity contribution is 5.94. The van der Waals surface area contributed by atoms with Gasteiger partial charge < -0.3 is 10.4 Å². The standard InChI is InChI=1S/C14H19F2NO2/c1-4-9(2)14(3,19)8-17-13(18)12-10(15)6-5-7-11(12)16/h5-7,9,19H,4,8H2,1-3H3,(H,17,18). The maximum Gasteiger partial charge on any atom is 0.257 e. The van der Waals surface area contributed by atoms with Gasteiger partial charge in [-0.2, -0.15) is 0 Å². The average molecular weight is 271 g/mol. The fourth-order valence-electron chi connectivity index (χ4n) is 1.68. The van der Waals surface area contributed by atoms with Gasteiger partial charge in [0.05, 0.1) is 5.60 Å².